The average molecular weight is 451 g/mol. The third-order valence-corrected chi connectivity index (χ3v) is 5.40. The monoisotopic (exact) mass is 449 g/mol. The van der Waals surface area contributed by atoms with Crippen molar-refractivity contribution in [3.63, 3.8) is 0 Å². The lowest BCUT2D eigenvalue weighted by molar-refractivity contribution is 0.171. The molecule has 1 aliphatic rings. The molecular weight excluding hydrogens is 433 g/mol. The number of benzene rings is 3. The van der Waals surface area contributed by atoms with Gasteiger partial charge < -0.3 is 19.5 Å². The van der Waals surface area contributed by atoms with Crippen LogP contribution >= 0.6 is 34.8 Å². The van der Waals surface area contributed by atoms with Crippen LogP contribution in [0.15, 0.2) is 54.6 Å². The van der Waals surface area contributed by atoms with Gasteiger partial charge in [0.15, 0.2) is 11.5 Å². The van der Waals surface area contributed by atoms with Gasteiger partial charge >= 0.3 is 0 Å². The first-order chi connectivity index (χ1) is 14.1. The third kappa shape index (κ3) is 5.02. The van der Waals surface area contributed by atoms with Crippen LogP contribution in [0.1, 0.15) is 11.1 Å². The molecule has 0 unspecified atom stereocenters. The van der Waals surface area contributed by atoms with Crippen LogP contribution in [-0.4, -0.2) is 13.2 Å². The Hall–Kier alpha value is -2.27. The Balaban J connectivity index is 1.45. The highest BCUT2D eigenvalue weighted by Crippen LogP contribution is 2.33. The smallest absolute Gasteiger partial charge is 0.163 e. The fourth-order valence-corrected chi connectivity index (χ4v) is 3.48. The molecule has 4 nitrogen and oxygen atoms in total. The predicted molar refractivity (Wildman–Crippen MR) is 117 cm³/mol. The fourth-order valence-electron chi connectivity index (χ4n) is 2.97. The van der Waals surface area contributed by atoms with E-state index in [0.29, 0.717) is 41.4 Å². The van der Waals surface area contributed by atoms with Crippen molar-refractivity contribution >= 4 is 40.5 Å². The van der Waals surface area contributed by atoms with E-state index < -0.39 is 0 Å². The van der Waals surface area contributed by atoms with Crippen LogP contribution < -0.4 is 19.5 Å². The van der Waals surface area contributed by atoms with Crippen LogP contribution in [0.4, 0.5) is 5.69 Å². The quantitative estimate of drug-likeness (QED) is 0.459. The van der Waals surface area contributed by atoms with E-state index in [1.54, 1.807) is 18.2 Å². The summed E-state index contributed by atoms with van der Waals surface area (Å²) in [6, 6.07) is 16.8. The van der Waals surface area contributed by atoms with Crippen LogP contribution in [0.3, 0.4) is 0 Å². The normalized spacial score (nSPS) is 12.5. The zero-order chi connectivity index (χ0) is 20.2. The first kappa shape index (κ1) is 20.0. The molecule has 29 heavy (non-hydrogen) atoms. The summed E-state index contributed by atoms with van der Waals surface area (Å²) in [7, 11) is 0. The Kier molecular flexibility index (Phi) is 6.24. The van der Waals surface area contributed by atoms with Crippen LogP contribution in [0.2, 0.25) is 15.1 Å². The Morgan fingerprint density at radius 1 is 0.828 bits per heavy atom. The molecule has 0 radical (unpaired) electrons. The summed E-state index contributed by atoms with van der Waals surface area (Å²) < 4.78 is 17.2. The van der Waals surface area contributed by atoms with E-state index in [0.717, 1.165) is 34.1 Å². The molecule has 3 aromatic rings. The molecule has 150 valence electrons. The summed E-state index contributed by atoms with van der Waals surface area (Å²) in [4.78, 5) is 0. The van der Waals surface area contributed by atoms with E-state index in [9.17, 15) is 0 Å². The number of fused-ring (bicyclic) bond motifs is 1. The largest absolute Gasteiger partial charge is 0.489 e. The molecular formula is C22H18Cl3NO3. The highest BCUT2D eigenvalue weighted by atomic mass is 35.5. The van der Waals surface area contributed by atoms with E-state index >= 15 is 0 Å². The molecule has 1 heterocycles. The van der Waals surface area contributed by atoms with Gasteiger partial charge in [0.2, 0.25) is 0 Å². The molecule has 1 aliphatic heterocycles. The maximum absolute atomic E-state index is 6.20. The van der Waals surface area contributed by atoms with Gasteiger partial charge in [0.05, 0.1) is 10.0 Å². The van der Waals surface area contributed by atoms with E-state index in [1.165, 1.54) is 0 Å². The van der Waals surface area contributed by atoms with Gasteiger partial charge in [-0.1, -0.05) is 40.9 Å². The van der Waals surface area contributed by atoms with Crippen molar-refractivity contribution in [1.29, 1.82) is 0 Å². The fraction of sp³-hybridized carbons (Fsp3) is 0.182. The molecule has 0 aromatic heterocycles. The molecule has 0 atom stereocenters. The number of anilines is 1. The summed E-state index contributed by atoms with van der Waals surface area (Å²) in [5.74, 6) is 2.24. The van der Waals surface area contributed by atoms with Gasteiger partial charge in [0, 0.05) is 28.9 Å². The number of nitrogens with one attached hydrogen (secondary N) is 1. The van der Waals surface area contributed by atoms with E-state index in [4.69, 9.17) is 49.0 Å². The minimum atomic E-state index is 0.371. The second-order valence-corrected chi connectivity index (χ2v) is 7.75. The van der Waals surface area contributed by atoms with Crippen molar-refractivity contribution in [2.45, 2.75) is 13.2 Å². The summed E-state index contributed by atoms with van der Waals surface area (Å²) in [6.45, 7) is 2.03. The SMILES string of the molecule is Clc1ccc(OCc2ccc(Cl)c(Cl)c2)c(CNc2ccc3c(c2)OCCO3)c1. The van der Waals surface area contributed by atoms with Crippen LogP contribution in [0.25, 0.3) is 0 Å². The van der Waals surface area contributed by atoms with Crippen molar-refractivity contribution in [3.05, 3.63) is 80.8 Å². The lowest BCUT2D eigenvalue weighted by atomic mass is 10.2. The van der Waals surface area contributed by atoms with Crippen molar-refractivity contribution in [2.75, 3.05) is 18.5 Å². The molecule has 0 fully saturated rings. The lowest BCUT2D eigenvalue weighted by Gasteiger charge is -2.19. The number of halogens is 3. The summed E-state index contributed by atoms with van der Waals surface area (Å²) in [6.07, 6.45) is 0. The number of hydrogen-bond donors (Lipinski definition) is 1. The molecule has 0 saturated carbocycles. The zero-order valence-corrected chi connectivity index (χ0v) is 17.7. The van der Waals surface area contributed by atoms with Gasteiger partial charge in [-0.25, -0.2) is 0 Å². The predicted octanol–water partition coefficient (Wildman–Crippen LogP) is 6.61. The van der Waals surface area contributed by atoms with Crippen molar-refractivity contribution < 1.29 is 14.2 Å². The molecule has 0 bridgehead atoms. The molecule has 4 rings (SSSR count). The molecule has 3 aromatic carbocycles. The van der Waals surface area contributed by atoms with E-state index in [2.05, 4.69) is 5.32 Å². The van der Waals surface area contributed by atoms with Crippen LogP contribution in [0, 0.1) is 0 Å². The summed E-state index contributed by atoms with van der Waals surface area (Å²) >= 11 is 18.3. The molecule has 1 N–H and O–H groups in total. The molecule has 0 amide bonds. The Morgan fingerprint density at radius 2 is 1.66 bits per heavy atom. The molecule has 0 spiro atoms. The molecule has 0 aliphatic carbocycles. The van der Waals surface area contributed by atoms with Crippen molar-refractivity contribution in [3.8, 4) is 17.2 Å². The highest BCUT2D eigenvalue weighted by molar-refractivity contribution is 6.42. The Labute approximate surface area is 184 Å². The standard InChI is InChI=1S/C22H18Cl3NO3/c23-16-2-5-20(29-13-14-1-4-18(24)19(25)9-14)15(10-16)12-26-17-3-6-21-22(11-17)28-8-7-27-21/h1-6,9-11,26H,7-8,12-13H2. The average Bonchev–Trinajstić information content (AvgIpc) is 2.74. The van der Waals surface area contributed by atoms with Crippen molar-refractivity contribution in [2.24, 2.45) is 0 Å². The second-order valence-electron chi connectivity index (χ2n) is 6.50. The van der Waals surface area contributed by atoms with Gasteiger partial charge in [-0.05, 0) is 48.0 Å². The van der Waals surface area contributed by atoms with Crippen LogP contribution in [0.5, 0.6) is 17.2 Å². The molecule has 0 saturated heterocycles. The maximum atomic E-state index is 6.20. The third-order valence-electron chi connectivity index (χ3n) is 4.43. The lowest BCUT2D eigenvalue weighted by Crippen LogP contribution is -2.15. The number of hydrogen-bond acceptors (Lipinski definition) is 4. The van der Waals surface area contributed by atoms with E-state index in [-0.39, 0.29) is 0 Å². The second kappa shape index (κ2) is 9.04. The van der Waals surface area contributed by atoms with Crippen molar-refractivity contribution in [1.82, 2.24) is 0 Å². The number of ether oxygens (including phenoxy) is 3. The molecule has 7 heteroatoms. The van der Waals surface area contributed by atoms with Gasteiger partial charge in [0.25, 0.3) is 0 Å². The summed E-state index contributed by atoms with van der Waals surface area (Å²) in [5.41, 5.74) is 2.79. The summed E-state index contributed by atoms with van der Waals surface area (Å²) in [5, 5.41) is 5.05. The first-order valence-electron chi connectivity index (χ1n) is 9.07. The van der Waals surface area contributed by atoms with Crippen LogP contribution in [-0.2, 0) is 13.2 Å². The maximum Gasteiger partial charge on any atom is 0.163 e. The van der Waals surface area contributed by atoms with Gasteiger partial charge in [0.1, 0.15) is 25.6 Å². The zero-order valence-electron chi connectivity index (χ0n) is 15.4. The Bertz CT molecular complexity index is 1030. The Morgan fingerprint density at radius 3 is 2.48 bits per heavy atom. The van der Waals surface area contributed by atoms with Gasteiger partial charge in [-0.15, -0.1) is 0 Å². The van der Waals surface area contributed by atoms with Gasteiger partial charge in [-0.2, -0.15) is 0 Å². The minimum Gasteiger partial charge on any atom is -0.489 e. The highest BCUT2D eigenvalue weighted by Gasteiger charge is 2.12. The first-order valence-corrected chi connectivity index (χ1v) is 10.2. The minimum absolute atomic E-state index is 0.371. The topological polar surface area (TPSA) is 39.7 Å². The number of rotatable bonds is 6. The van der Waals surface area contributed by atoms with E-state index in [1.807, 2.05) is 36.4 Å². The van der Waals surface area contributed by atoms with Gasteiger partial charge in [-0.3, -0.25) is 0 Å².